The average molecular weight is 695 g/mol. The topological polar surface area (TPSA) is 72.3 Å². The Morgan fingerprint density at radius 1 is 0.958 bits per heavy atom. The van der Waals surface area contributed by atoms with Gasteiger partial charge in [-0.25, -0.2) is 4.98 Å². The molecule has 1 unspecified atom stereocenters. The number of carbonyl (C=O) groups is 1. The molecule has 256 valence electrons. The molecular formula is C37H45Cl2N5O4. The molecule has 48 heavy (non-hydrogen) atoms. The quantitative estimate of drug-likeness (QED) is 0.135. The molecule has 5 rings (SSSR count). The lowest BCUT2D eigenvalue weighted by atomic mass is 9.94. The number of ether oxygens (including phenoxy) is 3. The number of rotatable bonds is 13. The molecule has 4 aromatic rings. The van der Waals surface area contributed by atoms with Crippen molar-refractivity contribution in [3.63, 3.8) is 0 Å². The summed E-state index contributed by atoms with van der Waals surface area (Å²) >= 11 is 12.8. The molecule has 1 aromatic heterocycles. The number of aromatic nitrogens is 2. The van der Waals surface area contributed by atoms with Gasteiger partial charge >= 0.3 is 0 Å². The summed E-state index contributed by atoms with van der Waals surface area (Å²) in [4.78, 5) is 25.5. The van der Waals surface area contributed by atoms with Gasteiger partial charge < -0.3 is 33.5 Å². The molecule has 0 radical (unpaired) electrons. The second kappa shape index (κ2) is 16.5. The van der Waals surface area contributed by atoms with Gasteiger partial charge in [-0.2, -0.15) is 0 Å². The number of allylic oxidation sites excluding steroid dienone is 2. The smallest absolute Gasteiger partial charge is 0.253 e. The molecule has 9 nitrogen and oxygen atoms in total. The lowest BCUT2D eigenvalue weighted by Crippen LogP contribution is -2.35. The zero-order valence-electron chi connectivity index (χ0n) is 28.4. The van der Waals surface area contributed by atoms with E-state index in [4.69, 9.17) is 42.4 Å². The number of fused-ring (bicyclic) bond motifs is 1. The number of halogens is 2. The third-order valence-corrected chi connectivity index (χ3v) is 9.73. The van der Waals surface area contributed by atoms with Crippen LogP contribution in [0, 0.1) is 0 Å². The van der Waals surface area contributed by atoms with E-state index in [0.717, 1.165) is 74.7 Å². The van der Waals surface area contributed by atoms with Crippen molar-refractivity contribution in [2.75, 3.05) is 72.5 Å². The van der Waals surface area contributed by atoms with Crippen molar-refractivity contribution < 1.29 is 19.0 Å². The van der Waals surface area contributed by atoms with E-state index in [1.165, 1.54) is 14.2 Å². The molecule has 3 aromatic carbocycles. The molecule has 1 fully saturated rings. The highest BCUT2D eigenvalue weighted by molar-refractivity contribution is 6.42. The van der Waals surface area contributed by atoms with E-state index in [1.807, 2.05) is 31.3 Å². The maximum Gasteiger partial charge on any atom is 0.253 e. The van der Waals surface area contributed by atoms with Crippen LogP contribution in [-0.2, 0) is 6.54 Å². The highest BCUT2D eigenvalue weighted by Gasteiger charge is 2.25. The van der Waals surface area contributed by atoms with Crippen molar-refractivity contribution in [3.8, 4) is 17.2 Å². The van der Waals surface area contributed by atoms with Gasteiger partial charge in [-0.05, 0) is 74.8 Å². The van der Waals surface area contributed by atoms with Gasteiger partial charge in [0.25, 0.3) is 5.91 Å². The van der Waals surface area contributed by atoms with Gasteiger partial charge in [0.15, 0.2) is 11.5 Å². The number of likely N-dealkylation sites (N-methyl/N-ethyl adjacent to an activating group) is 1. The Morgan fingerprint density at radius 2 is 1.71 bits per heavy atom. The van der Waals surface area contributed by atoms with Crippen LogP contribution in [0.3, 0.4) is 0 Å². The Kier molecular flexibility index (Phi) is 12.1. The minimum atomic E-state index is -0.148. The van der Waals surface area contributed by atoms with Crippen molar-refractivity contribution in [1.82, 2.24) is 19.4 Å². The molecule has 1 aliphatic heterocycles. The van der Waals surface area contributed by atoms with Crippen LogP contribution >= 0.6 is 23.2 Å². The maximum atomic E-state index is 13.7. The number of benzene rings is 3. The zero-order valence-corrected chi connectivity index (χ0v) is 29.9. The summed E-state index contributed by atoms with van der Waals surface area (Å²) in [5.41, 5.74) is 3.67. The van der Waals surface area contributed by atoms with E-state index in [-0.39, 0.29) is 11.8 Å². The van der Waals surface area contributed by atoms with Crippen LogP contribution in [0.4, 0.5) is 5.95 Å². The first-order chi connectivity index (χ1) is 23.3. The molecule has 0 N–H and O–H groups in total. The summed E-state index contributed by atoms with van der Waals surface area (Å²) in [7, 11) is 6.44. The van der Waals surface area contributed by atoms with E-state index >= 15 is 0 Å². The molecule has 1 aliphatic rings. The van der Waals surface area contributed by atoms with Gasteiger partial charge in [0.1, 0.15) is 0 Å². The van der Waals surface area contributed by atoms with E-state index in [9.17, 15) is 4.79 Å². The molecule has 0 spiro atoms. The van der Waals surface area contributed by atoms with E-state index in [2.05, 4.69) is 51.6 Å². The van der Waals surface area contributed by atoms with Crippen LogP contribution in [0.5, 0.6) is 17.2 Å². The molecule has 1 atom stereocenters. The lowest BCUT2D eigenvalue weighted by Gasteiger charge is -2.28. The Bertz CT molecular complexity index is 1720. The number of hydrogen-bond acceptors (Lipinski definition) is 7. The van der Waals surface area contributed by atoms with Crippen LogP contribution in [0.15, 0.2) is 66.7 Å². The van der Waals surface area contributed by atoms with Crippen LogP contribution in [0.2, 0.25) is 10.0 Å². The number of anilines is 1. The molecule has 0 bridgehead atoms. The number of imidazole rings is 1. The van der Waals surface area contributed by atoms with Crippen molar-refractivity contribution in [2.24, 2.45) is 0 Å². The Labute approximate surface area is 293 Å². The first-order valence-electron chi connectivity index (χ1n) is 16.3. The fourth-order valence-corrected chi connectivity index (χ4v) is 6.70. The fraction of sp³-hybridized carbons (Fsp3) is 0.405. The van der Waals surface area contributed by atoms with Gasteiger partial charge in [0.2, 0.25) is 11.7 Å². The Morgan fingerprint density at radius 3 is 2.40 bits per heavy atom. The number of nitrogens with zero attached hydrogens (tertiary/aromatic N) is 5. The zero-order chi connectivity index (χ0) is 34.2. The van der Waals surface area contributed by atoms with E-state index in [0.29, 0.717) is 39.4 Å². The molecule has 11 heteroatoms. The predicted molar refractivity (Wildman–Crippen MR) is 195 cm³/mol. The second-order valence-corrected chi connectivity index (χ2v) is 12.8. The second-order valence-electron chi connectivity index (χ2n) is 12.0. The molecule has 1 amide bonds. The van der Waals surface area contributed by atoms with Crippen molar-refractivity contribution >= 4 is 46.1 Å². The minimum Gasteiger partial charge on any atom is -0.493 e. The van der Waals surface area contributed by atoms with Crippen molar-refractivity contribution in [3.05, 3.63) is 87.9 Å². The first-order valence-corrected chi connectivity index (χ1v) is 17.1. The number of para-hydroxylation sites is 2. The number of methoxy groups -OCH3 is 3. The first kappa shape index (κ1) is 35.4. The van der Waals surface area contributed by atoms with E-state index in [1.54, 1.807) is 24.1 Å². The Balaban J connectivity index is 1.31. The summed E-state index contributed by atoms with van der Waals surface area (Å²) < 4.78 is 18.7. The fourth-order valence-electron chi connectivity index (χ4n) is 6.40. The standard InChI is InChI=1S/C37H45Cl2N5O4/c1-6-7-18-44-32-12-9-8-11-31(32)40-37(44)43-17-10-16-42(20-21-43)19-15-27(26-13-14-29(38)30(39)22-26)25-41(2)36(45)28-23-33(46-3)35(48-5)34(24-28)47-4/h6-9,11-14,22-24,27H,10,15-21,25H2,1-5H3/b7-6+. The van der Waals surface area contributed by atoms with E-state index < -0.39 is 0 Å². The lowest BCUT2D eigenvalue weighted by molar-refractivity contribution is 0.0782. The van der Waals surface area contributed by atoms with Gasteiger partial charge in [-0.15, -0.1) is 0 Å². The number of carbonyl (C=O) groups excluding carboxylic acids is 1. The van der Waals surface area contributed by atoms with Crippen LogP contribution in [0.25, 0.3) is 11.0 Å². The highest BCUT2D eigenvalue weighted by atomic mass is 35.5. The summed E-state index contributed by atoms with van der Waals surface area (Å²) in [6, 6.07) is 17.5. The van der Waals surface area contributed by atoms with Crippen LogP contribution < -0.4 is 19.1 Å². The van der Waals surface area contributed by atoms with Crippen molar-refractivity contribution in [1.29, 1.82) is 0 Å². The highest BCUT2D eigenvalue weighted by Crippen LogP contribution is 2.39. The normalized spacial score (nSPS) is 14.7. The SMILES string of the molecule is C/C=C/Cn1c(N2CCCN(CCC(CN(C)C(=O)c3cc(OC)c(OC)c(OC)c3)c3ccc(Cl)c(Cl)c3)CC2)nc2ccccc21. The molecule has 2 heterocycles. The number of hydrogen-bond donors (Lipinski definition) is 0. The summed E-state index contributed by atoms with van der Waals surface area (Å²) in [6.45, 7) is 7.94. The monoisotopic (exact) mass is 693 g/mol. The summed E-state index contributed by atoms with van der Waals surface area (Å²) in [5, 5.41) is 1.01. The van der Waals surface area contributed by atoms with Crippen LogP contribution in [0.1, 0.15) is 41.6 Å². The number of amides is 1. The third kappa shape index (κ3) is 8.02. The van der Waals surface area contributed by atoms with Gasteiger partial charge in [0.05, 0.1) is 42.4 Å². The molecule has 1 saturated heterocycles. The average Bonchev–Trinajstić information content (AvgIpc) is 3.30. The minimum absolute atomic E-state index is 0.0279. The molecule has 0 aliphatic carbocycles. The van der Waals surface area contributed by atoms with Crippen molar-refractivity contribution in [2.45, 2.75) is 32.2 Å². The third-order valence-electron chi connectivity index (χ3n) is 8.99. The van der Waals surface area contributed by atoms with Gasteiger partial charge in [0, 0.05) is 51.3 Å². The maximum absolute atomic E-state index is 13.7. The van der Waals surface area contributed by atoms with Gasteiger partial charge in [-0.1, -0.05) is 53.6 Å². The Hall–Kier alpha value is -3.92. The molecular weight excluding hydrogens is 649 g/mol. The van der Waals surface area contributed by atoms with Crippen LogP contribution in [-0.4, -0.2) is 92.9 Å². The largest absolute Gasteiger partial charge is 0.493 e. The molecule has 0 saturated carbocycles. The van der Waals surface area contributed by atoms with Gasteiger partial charge in [-0.3, -0.25) is 4.79 Å². The summed E-state index contributed by atoms with van der Waals surface area (Å²) in [5.74, 6) is 2.21. The predicted octanol–water partition coefficient (Wildman–Crippen LogP) is 7.40. The summed E-state index contributed by atoms with van der Waals surface area (Å²) in [6.07, 6.45) is 6.13.